The van der Waals surface area contributed by atoms with E-state index in [-0.39, 0.29) is 29.6 Å². The van der Waals surface area contributed by atoms with Gasteiger partial charge in [-0.05, 0) is 50.3 Å². The minimum Gasteiger partial charge on any atom is -0.387 e. The molecule has 5 heteroatoms. The zero-order valence-corrected chi connectivity index (χ0v) is 13.8. The fourth-order valence-corrected chi connectivity index (χ4v) is 3.42. The van der Waals surface area contributed by atoms with Gasteiger partial charge in [0, 0.05) is 12.5 Å². The Kier molecular flexibility index (Phi) is 5.48. The van der Waals surface area contributed by atoms with Crippen molar-refractivity contribution < 1.29 is 9.90 Å². The van der Waals surface area contributed by atoms with Gasteiger partial charge in [0.2, 0.25) is 5.91 Å². The maximum atomic E-state index is 12.2. The first-order chi connectivity index (χ1) is 10.1. The van der Waals surface area contributed by atoms with E-state index < -0.39 is 6.10 Å². The Balaban J connectivity index is 0.00000176. The molecule has 1 heterocycles. The summed E-state index contributed by atoms with van der Waals surface area (Å²) in [7, 11) is 0. The normalized spacial score (nSPS) is 23.5. The van der Waals surface area contributed by atoms with E-state index in [0.717, 1.165) is 37.9 Å². The van der Waals surface area contributed by atoms with Gasteiger partial charge in [-0.3, -0.25) is 4.79 Å². The van der Waals surface area contributed by atoms with E-state index in [4.69, 9.17) is 0 Å². The molecule has 1 amide bonds. The van der Waals surface area contributed by atoms with Gasteiger partial charge in [-0.15, -0.1) is 12.4 Å². The van der Waals surface area contributed by atoms with Gasteiger partial charge in [-0.25, -0.2) is 0 Å². The number of piperidine rings is 1. The minimum atomic E-state index is -0.628. The van der Waals surface area contributed by atoms with Crippen molar-refractivity contribution in [2.45, 2.75) is 32.3 Å². The van der Waals surface area contributed by atoms with Crippen LogP contribution in [0.5, 0.6) is 0 Å². The third-order valence-corrected chi connectivity index (χ3v) is 5.04. The number of benzene rings is 1. The fourth-order valence-electron chi connectivity index (χ4n) is 3.42. The first kappa shape index (κ1) is 17.3. The number of aliphatic hydroxyl groups is 1. The molecular formula is C17H25ClN2O2. The Bertz CT molecular complexity index is 512. The molecule has 2 unspecified atom stereocenters. The number of hydrogen-bond acceptors (Lipinski definition) is 3. The second kappa shape index (κ2) is 6.99. The fraction of sp³-hybridized carbons (Fsp3) is 0.588. The van der Waals surface area contributed by atoms with Gasteiger partial charge in [0.1, 0.15) is 0 Å². The third-order valence-electron chi connectivity index (χ3n) is 5.04. The van der Waals surface area contributed by atoms with Crippen molar-refractivity contribution in [2.24, 2.45) is 11.3 Å². The van der Waals surface area contributed by atoms with Gasteiger partial charge < -0.3 is 15.7 Å². The number of carbonyl (C=O) groups excluding carboxylic acids is 1. The molecule has 1 aliphatic heterocycles. The highest BCUT2D eigenvalue weighted by Gasteiger charge is 2.57. The van der Waals surface area contributed by atoms with Crippen LogP contribution in [0.3, 0.4) is 0 Å². The first-order valence-electron chi connectivity index (χ1n) is 7.84. The Morgan fingerprint density at radius 3 is 2.64 bits per heavy atom. The molecule has 0 radical (unpaired) electrons. The molecule has 2 fully saturated rings. The standard InChI is InChI=1S/C17H24N2O2.ClH/c1-12-2-4-13(5-3-12)15(20)11-19-16(21)14-10-17(14)6-8-18-9-7-17;/h2-5,14-15,18,20H,6-11H2,1H3,(H,19,21);1H. The van der Waals surface area contributed by atoms with E-state index in [1.165, 1.54) is 5.56 Å². The Labute approximate surface area is 138 Å². The quantitative estimate of drug-likeness (QED) is 0.793. The van der Waals surface area contributed by atoms with Crippen molar-refractivity contribution in [3.63, 3.8) is 0 Å². The second-order valence-electron chi connectivity index (χ2n) is 6.54. The average Bonchev–Trinajstić information content (AvgIpc) is 3.19. The number of halogens is 1. The van der Waals surface area contributed by atoms with E-state index in [1.807, 2.05) is 31.2 Å². The molecule has 1 saturated heterocycles. The summed E-state index contributed by atoms with van der Waals surface area (Å²) in [5, 5.41) is 16.4. The van der Waals surface area contributed by atoms with E-state index in [9.17, 15) is 9.90 Å². The molecule has 1 aromatic rings. The number of nitrogens with one attached hydrogen (secondary N) is 2. The second-order valence-corrected chi connectivity index (χ2v) is 6.54. The van der Waals surface area contributed by atoms with E-state index in [2.05, 4.69) is 10.6 Å². The monoisotopic (exact) mass is 324 g/mol. The molecule has 122 valence electrons. The average molecular weight is 325 g/mol. The maximum Gasteiger partial charge on any atom is 0.223 e. The molecule has 22 heavy (non-hydrogen) atoms. The van der Waals surface area contributed by atoms with Crippen molar-refractivity contribution in [1.82, 2.24) is 10.6 Å². The number of amides is 1. The summed E-state index contributed by atoms with van der Waals surface area (Å²) in [5.74, 6) is 0.271. The molecule has 1 saturated carbocycles. The highest BCUT2D eigenvalue weighted by atomic mass is 35.5. The molecule has 1 aromatic carbocycles. The van der Waals surface area contributed by atoms with Crippen LogP contribution >= 0.6 is 12.4 Å². The van der Waals surface area contributed by atoms with Gasteiger partial charge in [-0.2, -0.15) is 0 Å². The van der Waals surface area contributed by atoms with Crippen molar-refractivity contribution in [1.29, 1.82) is 0 Å². The maximum absolute atomic E-state index is 12.2. The molecule has 1 spiro atoms. The number of carbonyl (C=O) groups is 1. The van der Waals surface area contributed by atoms with Crippen LogP contribution in [-0.2, 0) is 4.79 Å². The summed E-state index contributed by atoms with van der Waals surface area (Å²) in [5.41, 5.74) is 2.28. The smallest absolute Gasteiger partial charge is 0.223 e. The van der Waals surface area contributed by atoms with Crippen molar-refractivity contribution in [3.05, 3.63) is 35.4 Å². The van der Waals surface area contributed by atoms with Crippen LogP contribution in [0.15, 0.2) is 24.3 Å². The lowest BCUT2D eigenvalue weighted by Crippen LogP contribution is -2.35. The number of hydrogen-bond donors (Lipinski definition) is 3. The van der Waals surface area contributed by atoms with Crippen molar-refractivity contribution in [3.8, 4) is 0 Å². The van der Waals surface area contributed by atoms with Crippen LogP contribution in [-0.4, -0.2) is 30.6 Å². The van der Waals surface area contributed by atoms with Crippen LogP contribution in [0.4, 0.5) is 0 Å². The Morgan fingerprint density at radius 2 is 2.00 bits per heavy atom. The van der Waals surface area contributed by atoms with Gasteiger partial charge in [0.15, 0.2) is 0 Å². The summed E-state index contributed by atoms with van der Waals surface area (Å²) in [6, 6.07) is 7.78. The molecule has 0 aromatic heterocycles. The summed E-state index contributed by atoms with van der Waals surface area (Å²) < 4.78 is 0. The zero-order chi connectivity index (χ0) is 14.9. The summed E-state index contributed by atoms with van der Waals surface area (Å²) in [6.45, 7) is 4.36. The van der Waals surface area contributed by atoms with Crippen molar-refractivity contribution >= 4 is 18.3 Å². The molecule has 3 N–H and O–H groups in total. The minimum absolute atomic E-state index is 0. The van der Waals surface area contributed by atoms with Crippen LogP contribution in [0.25, 0.3) is 0 Å². The largest absolute Gasteiger partial charge is 0.387 e. The lowest BCUT2D eigenvalue weighted by Gasteiger charge is -2.23. The Hall–Kier alpha value is -1.10. The highest BCUT2D eigenvalue weighted by molar-refractivity contribution is 5.85. The Morgan fingerprint density at radius 1 is 1.36 bits per heavy atom. The summed E-state index contributed by atoms with van der Waals surface area (Å²) >= 11 is 0. The van der Waals surface area contributed by atoms with E-state index in [0.29, 0.717) is 6.54 Å². The molecule has 2 atom stereocenters. The van der Waals surface area contributed by atoms with Crippen LogP contribution in [0.1, 0.15) is 36.5 Å². The number of rotatable bonds is 4. The SMILES string of the molecule is Cc1ccc(C(O)CNC(=O)C2CC23CCNCC3)cc1.Cl. The molecule has 1 aliphatic carbocycles. The predicted octanol–water partition coefficient (Wildman–Crippen LogP) is 1.96. The predicted molar refractivity (Wildman–Crippen MR) is 89.0 cm³/mol. The van der Waals surface area contributed by atoms with Gasteiger partial charge in [0.25, 0.3) is 0 Å². The summed E-state index contributed by atoms with van der Waals surface area (Å²) in [6.07, 6.45) is 2.59. The van der Waals surface area contributed by atoms with Crippen LogP contribution in [0.2, 0.25) is 0 Å². The lowest BCUT2D eigenvalue weighted by molar-refractivity contribution is -0.123. The zero-order valence-electron chi connectivity index (χ0n) is 13.0. The molecule has 2 aliphatic rings. The third kappa shape index (κ3) is 3.62. The first-order valence-corrected chi connectivity index (χ1v) is 7.84. The van der Waals surface area contributed by atoms with E-state index >= 15 is 0 Å². The van der Waals surface area contributed by atoms with Crippen molar-refractivity contribution in [2.75, 3.05) is 19.6 Å². The highest BCUT2D eigenvalue weighted by Crippen LogP contribution is 2.58. The van der Waals surface area contributed by atoms with Crippen LogP contribution in [0, 0.1) is 18.3 Å². The van der Waals surface area contributed by atoms with Crippen LogP contribution < -0.4 is 10.6 Å². The number of aliphatic hydroxyl groups excluding tert-OH is 1. The van der Waals surface area contributed by atoms with Gasteiger partial charge in [-0.1, -0.05) is 29.8 Å². The number of aryl methyl sites for hydroxylation is 1. The van der Waals surface area contributed by atoms with E-state index in [1.54, 1.807) is 0 Å². The summed E-state index contributed by atoms with van der Waals surface area (Å²) in [4.78, 5) is 12.2. The van der Waals surface area contributed by atoms with Gasteiger partial charge >= 0.3 is 0 Å². The molecular weight excluding hydrogens is 300 g/mol. The topological polar surface area (TPSA) is 61.4 Å². The molecule has 0 bridgehead atoms. The molecule has 4 nitrogen and oxygen atoms in total. The molecule has 3 rings (SSSR count). The van der Waals surface area contributed by atoms with Gasteiger partial charge in [0.05, 0.1) is 6.10 Å². The lowest BCUT2D eigenvalue weighted by atomic mass is 9.92.